The second kappa shape index (κ2) is 7.76. The lowest BCUT2D eigenvalue weighted by Crippen LogP contribution is -2.33. The van der Waals surface area contributed by atoms with Crippen LogP contribution >= 0.6 is 11.6 Å². The first-order valence-electron chi connectivity index (χ1n) is 9.28. The van der Waals surface area contributed by atoms with Crippen LogP contribution < -0.4 is 0 Å². The molecule has 1 aromatic heterocycles. The molecule has 152 valence electrons. The van der Waals surface area contributed by atoms with Crippen LogP contribution in [-0.2, 0) is 11.3 Å². The predicted molar refractivity (Wildman–Crippen MR) is 109 cm³/mol. The number of carbonyl (C=O) groups excluding carboxylic acids is 3. The van der Waals surface area contributed by atoms with Gasteiger partial charge in [-0.15, -0.1) is 0 Å². The van der Waals surface area contributed by atoms with Crippen LogP contribution in [0.3, 0.4) is 0 Å². The van der Waals surface area contributed by atoms with E-state index in [1.807, 2.05) is 18.2 Å². The molecule has 7 nitrogen and oxygen atoms in total. The van der Waals surface area contributed by atoms with E-state index in [9.17, 15) is 14.4 Å². The van der Waals surface area contributed by atoms with Crippen LogP contribution in [0.15, 0.2) is 48.5 Å². The van der Waals surface area contributed by atoms with Crippen molar-refractivity contribution in [3.8, 4) is 0 Å². The number of nitrogens with zero attached hydrogens (tertiary/aromatic N) is 3. The predicted octanol–water partition coefficient (Wildman–Crippen LogP) is 3.61. The molecule has 0 saturated carbocycles. The lowest BCUT2D eigenvalue weighted by molar-refractivity contribution is 0.0227. The highest BCUT2D eigenvalue weighted by Gasteiger charge is 2.36. The summed E-state index contributed by atoms with van der Waals surface area (Å²) in [7, 11) is 0. The van der Waals surface area contributed by atoms with Crippen LogP contribution in [0.5, 0.6) is 0 Å². The zero-order valence-corrected chi connectivity index (χ0v) is 17.1. The van der Waals surface area contributed by atoms with Gasteiger partial charge in [-0.3, -0.25) is 14.3 Å². The Kier molecular flexibility index (Phi) is 5.13. The van der Waals surface area contributed by atoms with Gasteiger partial charge in [0.2, 0.25) is 0 Å². The molecular formula is C22H18ClN3O4. The van der Waals surface area contributed by atoms with Crippen molar-refractivity contribution in [1.29, 1.82) is 0 Å². The van der Waals surface area contributed by atoms with Crippen LogP contribution in [-0.4, -0.2) is 39.2 Å². The van der Waals surface area contributed by atoms with Gasteiger partial charge in [-0.2, -0.15) is 5.10 Å². The highest BCUT2D eigenvalue weighted by molar-refractivity contribution is 6.31. The molecule has 4 rings (SSSR count). The van der Waals surface area contributed by atoms with Crippen LogP contribution in [0.25, 0.3) is 0 Å². The van der Waals surface area contributed by atoms with Gasteiger partial charge >= 0.3 is 5.97 Å². The largest absolute Gasteiger partial charge is 0.440 e. The monoisotopic (exact) mass is 423 g/mol. The van der Waals surface area contributed by atoms with Gasteiger partial charge in [-0.1, -0.05) is 41.9 Å². The van der Waals surface area contributed by atoms with Crippen molar-refractivity contribution in [2.75, 3.05) is 6.73 Å². The van der Waals surface area contributed by atoms with Crippen molar-refractivity contribution in [3.05, 3.63) is 87.2 Å². The number of halogens is 1. The van der Waals surface area contributed by atoms with Crippen molar-refractivity contribution >= 4 is 29.4 Å². The number of aryl methyl sites for hydroxylation is 1. The Morgan fingerprint density at radius 1 is 1.00 bits per heavy atom. The number of carbonyl (C=O) groups is 3. The Morgan fingerprint density at radius 3 is 2.23 bits per heavy atom. The van der Waals surface area contributed by atoms with Crippen molar-refractivity contribution in [2.45, 2.75) is 20.4 Å². The van der Waals surface area contributed by atoms with E-state index in [4.69, 9.17) is 16.3 Å². The number of hydrogen-bond acceptors (Lipinski definition) is 5. The number of aromatic nitrogens is 2. The third kappa shape index (κ3) is 3.37. The van der Waals surface area contributed by atoms with E-state index >= 15 is 0 Å². The lowest BCUT2D eigenvalue weighted by atomic mass is 10.1. The SMILES string of the molecule is Cc1nn(Cc2ccccc2Cl)c(C)c1C(=O)OCN1C(=O)c2ccccc2C1=O. The summed E-state index contributed by atoms with van der Waals surface area (Å²) in [6.45, 7) is 3.40. The number of esters is 1. The van der Waals surface area contributed by atoms with Crippen molar-refractivity contribution < 1.29 is 19.1 Å². The van der Waals surface area contributed by atoms with Gasteiger partial charge in [-0.25, -0.2) is 9.69 Å². The Hall–Kier alpha value is -3.45. The van der Waals surface area contributed by atoms with E-state index in [2.05, 4.69) is 5.10 Å². The summed E-state index contributed by atoms with van der Waals surface area (Å²) in [5.41, 5.74) is 2.89. The minimum Gasteiger partial charge on any atom is -0.440 e. The van der Waals surface area contributed by atoms with Gasteiger partial charge in [-0.05, 0) is 37.6 Å². The number of fused-ring (bicyclic) bond motifs is 1. The summed E-state index contributed by atoms with van der Waals surface area (Å²) in [5.74, 6) is -1.61. The van der Waals surface area contributed by atoms with Gasteiger partial charge in [0.25, 0.3) is 11.8 Å². The Morgan fingerprint density at radius 2 is 1.60 bits per heavy atom. The highest BCUT2D eigenvalue weighted by Crippen LogP contribution is 2.23. The number of ether oxygens (including phenoxy) is 1. The molecule has 8 heteroatoms. The molecule has 0 bridgehead atoms. The van der Waals surface area contributed by atoms with Crippen molar-refractivity contribution in [1.82, 2.24) is 14.7 Å². The number of hydrogen-bond donors (Lipinski definition) is 0. The van der Waals surface area contributed by atoms with Crippen LogP contribution in [0.2, 0.25) is 5.02 Å². The molecule has 0 fully saturated rings. The molecule has 0 unspecified atom stereocenters. The molecule has 2 heterocycles. The maximum atomic E-state index is 12.7. The summed E-state index contributed by atoms with van der Waals surface area (Å²) in [6, 6.07) is 13.9. The molecule has 2 amide bonds. The van der Waals surface area contributed by atoms with E-state index in [-0.39, 0.29) is 0 Å². The molecule has 0 N–H and O–H groups in total. The average molecular weight is 424 g/mol. The molecule has 0 atom stereocenters. The van der Waals surface area contributed by atoms with E-state index in [1.54, 1.807) is 48.9 Å². The van der Waals surface area contributed by atoms with Crippen LogP contribution in [0.1, 0.15) is 48.0 Å². The quantitative estimate of drug-likeness (QED) is 0.462. The highest BCUT2D eigenvalue weighted by atomic mass is 35.5. The Balaban J connectivity index is 1.50. The molecule has 1 aliphatic heterocycles. The first kappa shape index (κ1) is 19.8. The molecule has 3 aromatic rings. The number of imide groups is 1. The standard InChI is InChI=1S/C22H18ClN3O4/c1-13-19(14(2)26(24-13)11-15-7-3-6-10-18(15)23)22(29)30-12-25-20(27)16-8-4-5-9-17(16)21(25)28/h3-10H,11-12H2,1-2H3. The second-order valence-electron chi connectivity index (χ2n) is 6.94. The first-order valence-corrected chi connectivity index (χ1v) is 9.66. The van der Waals surface area contributed by atoms with Gasteiger partial charge in [0.15, 0.2) is 6.73 Å². The molecule has 2 aromatic carbocycles. The Labute approximate surface area is 177 Å². The summed E-state index contributed by atoms with van der Waals surface area (Å²) in [6.07, 6.45) is 0. The van der Waals surface area contributed by atoms with Crippen LogP contribution in [0.4, 0.5) is 0 Å². The maximum absolute atomic E-state index is 12.7. The van der Waals surface area contributed by atoms with E-state index < -0.39 is 24.5 Å². The number of rotatable bonds is 5. The van der Waals surface area contributed by atoms with Gasteiger partial charge in [0, 0.05) is 5.02 Å². The lowest BCUT2D eigenvalue weighted by Gasteiger charge is -2.14. The zero-order chi connectivity index (χ0) is 21.4. The smallest absolute Gasteiger partial charge is 0.343 e. The topological polar surface area (TPSA) is 81.5 Å². The molecule has 30 heavy (non-hydrogen) atoms. The maximum Gasteiger partial charge on any atom is 0.343 e. The zero-order valence-electron chi connectivity index (χ0n) is 16.4. The fourth-order valence-electron chi connectivity index (χ4n) is 3.49. The summed E-state index contributed by atoms with van der Waals surface area (Å²) < 4.78 is 6.97. The second-order valence-corrected chi connectivity index (χ2v) is 7.35. The molecular weight excluding hydrogens is 406 g/mol. The third-order valence-corrected chi connectivity index (χ3v) is 5.44. The molecule has 1 aliphatic rings. The summed E-state index contributed by atoms with van der Waals surface area (Å²) in [5, 5.41) is 5.03. The summed E-state index contributed by atoms with van der Waals surface area (Å²) in [4.78, 5) is 38.5. The number of amides is 2. The number of benzene rings is 2. The van der Waals surface area contributed by atoms with Gasteiger partial charge in [0.1, 0.15) is 5.56 Å². The Bertz CT molecular complexity index is 1150. The fourth-order valence-corrected chi connectivity index (χ4v) is 3.68. The van der Waals surface area contributed by atoms with Crippen molar-refractivity contribution in [3.63, 3.8) is 0 Å². The molecule has 0 spiro atoms. The van der Waals surface area contributed by atoms with E-state index in [0.29, 0.717) is 39.6 Å². The minimum atomic E-state index is -0.646. The van der Waals surface area contributed by atoms with Crippen molar-refractivity contribution in [2.24, 2.45) is 0 Å². The normalized spacial score (nSPS) is 13.0. The fraction of sp³-hybridized carbons (Fsp3) is 0.182. The molecule has 0 aliphatic carbocycles. The molecule has 0 saturated heterocycles. The van der Waals surface area contributed by atoms with E-state index in [0.717, 1.165) is 10.5 Å². The summed E-state index contributed by atoms with van der Waals surface area (Å²) >= 11 is 6.22. The van der Waals surface area contributed by atoms with Gasteiger partial charge in [0.05, 0.1) is 29.1 Å². The third-order valence-electron chi connectivity index (χ3n) is 5.07. The van der Waals surface area contributed by atoms with Crippen LogP contribution in [0, 0.1) is 13.8 Å². The molecule has 0 radical (unpaired) electrons. The average Bonchev–Trinajstić information content (AvgIpc) is 3.15. The minimum absolute atomic E-state index is 0.304. The first-order chi connectivity index (χ1) is 14.4. The van der Waals surface area contributed by atoms with E-state index in [1.165, 1.54) is 0 Å². The van der Waals surface area contributed by atoms with Gasteiger partial charge < -0.3 is 4.74 Å².